The number of tetrazole rings is 1. The Morgan fingerprint density at radius 3 is 2.59 bits per heavy atom. The van der Waals surface area contributed by atoms with Gasteiger partial charge in [0, 0.05) is 18.7 Å². The van der Waals surface area contributed by atoms with Crippen LogP contribution in [-0.4, -0.2) is 68.9 Å². The number of nitrogens with one attached hydrogen (secondary N) is 1. The second-order valence-electron chi connectivity index (χ2n) is 5.72. The summed E-state index contributed by atoms with van der Waals surface area (Å²) in [7, 11) is 3.74. The third kappa shape index (κ3) is 4.34. The summed E-state index contributed by atoms with van der Waals surface area (Å²) in [6.45, 7) is 2.33. The number of hydrogen-bond acceptors (Lipinski definition) is 6. The van der Waals surface area contributed by atoms with Crippen LogP contribution in [0.15, 0.2) is 30.6 Å². The van der Waals surface area contributed by atoms with E-state index in [0.717, 1.165) is 5.69 Å². The van der Waals surface area contributed by atoms with Crippen LogP contribution in [0.4, 0.5) is 0 Å². The fraction of sp³-hybridized carbons (Fsp3) is 0.429. The van der Waals surface area contributed by atoms with Crippen molar-refractivity contribution in [3.8, 4) is 5.69 Å². The molecule has 0 fully saturated rings. The zero-order chi connectivity index (χ0) is 16.2. The van der Waals surface area contributed by atoms with Crippen LogP contribution in [0.5, 0.6) is 0 Å². The van der Waals surface area contributed by atoms with Crippen LogP contribution in [0.2, 0.25) is 0 Å². The van der Waals surface area contributed by atoms with Gasteiger partial charge in [0.15, 0.2) is 0 Å². The largest absolute Gasteiger partial charge is 0.387 e. The summed E-state index contributed by atoms with van der Waals surface area (Å²) in [5, 5.41) is 23.8. The van der Waals surface area contributed by atoms with Gasteiger partial charge in [-0.1, -0.05) is 0 Å². The number of aliphatic hydroxyl groups is 1. The lowest BCUT2D eigenvalue weighted by molar-refractivity contribution is 0.0326. The van der Waals surface area contributed by atoms with Crippen molar-refractivity contribution in [1.29, 1.82) is 0 Å². The smallest absolute Gasteiger partial charge is 0.251 e. The van der Waals surface area contributed by atoms with Crippen LogP contribution in [0, 0.1) is 0 Å². The van der Waals surface area contributed by atoms with Gasteiger partial charge < -0.3 is 15.3 Å². The molecular formula is C14H20N6O2. The van der Waals surface area contributed by atoms with Crippen molar-refractivity contribution in [1.82, 2.24) is 30.4 Å². The lowest BCUT2D eigenvalue weighted by Crippen LogP contribution is -2.47. The number of amides is 1. The predicted octanol–water partition coefficient (Wildman–Crippen LogP) is -0.295. The molecule has 0 saturated carbocycles. The molecule has 2 rings (SSSR count). The topological polar surface area (TPSA) is 96.2 Å². The fourth-order valence-electron chi connectivity index (χ4n) is 2.16. The summed E-state index contributed by atoms with van der Waals surface area (Å²) in [6, 6.07) is 6.88. The number of nitrogens with zero attached hydrogens (tertiary/aromatic N) is 5. The van der Waals surface area contributed by atoms with Crippen molar-refractivity contribution in [3.05, 3.63) is 36.2 Å². The third-order valence-electron chi connectivity index (χ3n) is 3.03. The van der Waals surface area contributed by atoms with Crippen LogP contribution in [0.25, 0.3) is 5.69 Å². The Kier molecular flexibility index (Phi) is 4.84. The molecule has 1 aromatic heterocycles. The number of benzene rings is 1. The Bertz CT molecular complexity index is 607. The first kappa shape index (κ1) is 16.1. The van der Waals surface area contributed by atoms with E-state index >= 15 is 0 Å². The molecule has 1 atom stereocenters. The molecule has 22 heavy (non-hydrogen) atoms. The molecule has 8 nitrogen and oxygen atoms in total. The molecule has 2 aromatic rings. The molecular weight excluding hydrogens is 284 g/mol. The van der Waals surface area contributed by atoms with E-state index < -0.39 is 5.60 Å². The average Bonchev–Trinajstić information content (AvgIpc) is 2.98. The van der Waals surface area contributed by atoms with E-state index in [0.29, 0.717) is 12.1 Å². The maximum absolute atomic E-state index is 12.1. The minimum absolute atomic E-state index is 0.179. The second-order valence-corrected chi connectivity index (χ2v) is 5.72. The number of carbonyl (C=O) groups excluding carboxylic acids is 1. The van der Waals surface area contributed by atoms with Gasteiger partial charge in [0.05, 0.1) is 11.3 Å². The monoisotopic (exact) mass is 304 g/mol. The summed E-state index contributed by atoms with van der Waals surface area (Å²) in [5.74, 6) is -0.234. The van der Waals surface area contributed by atoms with Gasteiger partial charge >= 0.3 is 0 Å². The van der Waals surface area contributed by atoms with Crippen LogP contribution in [0.3, 0.4) is 0 Å². The fourth-order valence-corrected chi connectivity index (χ4v) is 2.16. The van der Waals surface area contributed by atoms with Crippen LogP contribution < -0.4 is 5.32 Å². The molecule has 2 N–H and O–H groups in total. The standard InChI is InChI=1S/C14H20N6O2/c1-14(22,9-19(2)3)8-15-13(21)11-4-6-12(7-5-11)20-10-16-17-18-20/h4-7,10,22H,8-9H2,1-3H3,(H,15,21). The highest BCUT2D eigenvalue weighted by Gasteiger charge is 2.22. The van der Waals surface area contributed by atoms with Crippen molar-refractivity contribution in [3.63, 3.8) is 0 Å². The molecule has 1 amide bonds. The van der Waals surface area contributed by atoms with Gasteiger partial charge in [-0.2, -0.15) is 0 Å². The Morgan fingerprint density at radius 2 is 2.05 bits per heavy atom. The van der Waals surface area contributed by atoms with E-state index in [9.17, 15) is 9.90 Å². The first-order chi connectivity index (χ1) is 10.4. The lowest BCUT2D eigenvalue weighted by Gasteiger charge is -2.27. The minimum Gasteiger partial charge on any atom is -0.387 e. The van der Waals surface area contributed by atoms with Gasteiger partial charge in [-0.3, -0.25) is 4.79 Å². The van der Waals surface area contributed by atoms with Gasteiger partial charge in [0.1, 0.15) is 6.33 Å². The van der Waals surface area contributed by atoms with E-state index in [1.165, 1.54) is 11.0 Å². The van der Waals surface area contributed by atoms with E-state index in [2.05, 4.69) is 20.8 Å². The van der Waals surface area contributed by atoms with E-state index in [-0.39, 0.29) is 12.5 Å². The Balaban J connectivity index is 1.96. The molecule has 0 spiro atoms. The van der Waals surface area contributed by atoms with Crippen molar-refractivity contribution in [2.75, 3.05) is 27.2 Å². The SMILES string of the molecule is CN(C)CC(C)(O)CNC(=O)c1ccc(-n2cnnn2)cc1. The van der Waals surface area contributed by atoms with E-state index in [1.807, 2.05) is 19.0 Å². The highest BCUT2D eigenvalue weighted by Crippen LogP contribution is 2.08. The van der Waals surface area contributed by atoms with Crippen LogP contribution >= 0.6 is 0 Å². The second kappa shape index (κ2) is 6.63. The summed E-state index contributed by atoms with van der Waals surface area (Å²) < 4.78 is 1.50. The molecule has 0 saturated heterocycles. The molecule has 8 heteroatoms. The van der Waals surface area contributed by atoms with Gasteiger partial charge in [0.25, 0.3) is 5.91 Å². The molecule has 118 valence electrons. The van der Waals surface area contributed by atoms with Crippen molar-refractivity contribution >= 4 is 5.91 Å². The first-order valence-corrected chi connectivity index (χ1v) is 6.86. The third-order valence-corrected chi connectivity index (χ3v) is 3.03. The van der Waals surface area contributed by atoms with E-state index in [1.54, 1.807) is 31.2 Å². The lowest BCUT2D eigenvalue weighted by atomic mass is 10.1. The van der Waals surface area contributed by atoms with Gasteiger partial charge in [-0.05, 0) is 55.7 Å². The number of hydrogen-bond donors (Lipinski definition) is 2. The van der Waals surface area contributed by atoms with Crippen molar-refractivity contribution in [2.45, 2.75) is 12.5 Å². The number of rotatable bonds is 6. The van der Waals surface area contributed by atoms with E-state index in [4.69, 9.17) is 0 Å². The van der Waals surface area contributed by atoms with Crippen LogP contribution in [-0.2, 0) is 0 Å². The molecule has 0 aliphatic rings. The maximum atomic E-state index is 12.1. The Hall–Kier alpha value is -2.32. The molecule has 0 aliphatic carbocycles. The van der Waals surface area contributed by atoms with Crippen molar-refractivity contribution in [2.24, 2.45) is 0 Å². The van der Waals surface area contributed by atoms with Gasteiger partial charge in [-0.15, -0.1) is 5.10 Å². The molecule has 0 bridgehead atoms. The van der Waals surface area contributed by atoms with Crippen molar-refractivity contribution < 1.29 is 9.90 Å². The summed E-state index contributed by atoms with van der Waals surface area (Å²) in [5.41, 5.74) is 0.296. The first-order valence-electron chi connectivity index (χ1n) is 6.86. The summed E-state index contributed by atoms with van der Waals surface area (Å²) in [4.78, 5) is 14.0. The van der Waals surface area contributed by atoms with Gasteiger partial charge in [-0.25, -0.2) is 4.68 Å². The maximum Gasteiger partial charge on any atom is 0.251 e. The molecule has 0 aliphatic heterocycles. The number of likely N-dealkylation sites (N-methyl/N-ethyl adjacent to an activating group) is 1. The Morgan fingerprint density at radius 1 is 1.36 bits per heavy atom. The Labute approximate surface area is 128 Å². The summed E-state index contributed by atoms with van der Waals surface area (Å²) in [6.07, 6.45) is 1.48. The molecule has 1 aromatic carbocycles. The molecule has 0 radical (unpaired) electrons. The average molecular weight is 304 g/mol. The molecule has 1 unspecified atom stereocenters. The quantitative estimate of drug-likeness (QED) is 0.761. The minimum atomic E-state index is -0.981. The summed E-state index contributed by atoms with van der Waals surface area (Å²) >= 11 is 0. The normalized spacial score (nSPS) is 13.9. The van der Waals surface area contributed by atoms with Crippen LogP contribution in [0.1, 0.15) is 17.3 Å². The zero-order valence-electron chi connectivity index (χ0n) is 12.9. The zero-order valence-corrected chi connectivity index (χ0v) is 12.9. The predicted molar refractivity (Wildman–Crippen MR) is 80.7 cm³/mol. The molecule has 1 heterocycles. The highest BCUT2D eigenvalue weighted by molar-refractivity contribution is 5.94. The highest BCUT2D eigenvalue weighted by atomic mass is 16.3. The number of carbonyl (C=O) groups is 1. The van der Waals surface area contributed by atoms with Gasteiger partial charge in [0.2, 0.25) is 0 Å². The number of aromatic nitrogens is 4.